The van der Waals surface area contributed by atoms with Crippen LogP contribution < -0.4 is 16.0 Å². The van der Waals surface area contributed by atoms with Gasteiger partial charge in [-0.15, -0.1) is 10.2 Å². The molecule has 30 heavy (non-hydrogen) atoms. The summed E-state index contributed by atoms with van der Waals surface area (Å²) in [6.07, 6.45) is -0.393. The Morgan fingerprint density at radius 3 is 2.50 bits per heavy atom. The highest BCUT2D eigenvalue weighted by molar-refractivity contribution is 5.95. The van der Waals surface area contributed by atoms with E-state index in [1.807, 2.05) is 13.8 Å². The molecule has 162 valence electrons. The number of carboxylic acid groups (broad SMARTS) is 1. The number of tetrazole rings is 1. The van der Waals surface area contributed by atoms with Crippen molar-refractivity contribution >= 4 is 23.7 Å². The number of carboxylic acids is 1. The van der Waals surface area contributed by atoms with Gasteiger partial charge in [-0.25, -0.2) is 0 Å². The number of amides is 3. The van der Waals surface area contributed by atoms with Crippen LogP contribution >= 0.6 is 0 Å². The summed E-state index contributed by atoms with van der Waals surface area (Å²) >= 11 is 0. The van der Waals surface area contributed by atoms with Crippen LogP contribution in [0.25, 0.3) is 0 Å². The molecule has 0 aliphatic rings. The predicted molar refractivity (Wildman–Crippen MR) is 102 cm³/mol. The average molecular weight is 420 g/mol. The summed E-state index contributed by atoms with van der Waals surface area (Å²) in [5.74, 6) is -2.05. The van der Waals surface area contributed by atoms with Crippen LogP contribution in [0.2, 0.25) is 0 Å². The quantitative estimate of drug-likeness (QED) is 0.273. The van der Waals surface area contributed by atoms with E-state index in [1.165, 1.54) is 0 Å². The molecule has 0 aliphatic carbocycles. The van der Waals surface area contributed by atoms with Crippen LogP contribution in [-0.2, 0) is 20.9 Å². The first-order valence-corrected chi connectivity index (χ1v) is 9.23. The minimum absolute atomic E-state index is 0.00995. The Bertz CT molecular complexity index is 877. The fourth-order valence-corrected chi connectivity index (χ4v) is 2.55. The van der Waals surface area contributed by atoms with Crippen LogP contribution in [-0.4, -0.2) is 61.0 Å². The summed E-state index contributed by atoms with van der Waals surface area (Å²) in [6.45, 7) is 3.60. The molecule has 6 N–H and O–H groups in total. The standard InChI is InChI=1S/C17H24N8O5/c1-9(2)16(21-13(26)5-6-15(28)29)10-3-4-11(20-10)17(30)19-8-14(27)18-7-12-22-24-25-23-12/h3-4,9,16,20H,5-8H2,1-2H3,(H,18,27)(H,19,30)(H,21,26)(H,28,29)(H,22,23,24,25). The molecular weight excluding hydrogens is 396 g/mol. The third-order valence-corrected chi connectivity index (χ3v) is 4.08. The first-order valence-electron chi connectivity index (χ1n) is 9.23. The molecule has 1 atom stereocenters. The van der Waals surface area contributed by atoms with E-state index in [0.29, 0.717) is 11.5 Å². The average Bonchev–Trinajstić information content (AvgIpc) is 3.38. The molecule has 0 aromatic carbocycles. The highest BCUT2D eigenvalue weighted by Crippen LogP contribution is 2.21. The van der Waals surface area contributed by atoms with E-state index < -0.39 is 29.7 Å². The molecule has 13 nitrogen and oxygen atoms in total. The number of carbonyl (C=O) groups is 4. The van der Waals surface area contributed by atoms with Crippen LogP contribution in [0.5, 0.6) is 0 Å². The van der Waals surface area contributed by atoms with Gasteiger partial charge in [0.05, 0.1) is 25.6 Å². The minimum Gasteiger partial charge on any atom is -0.481 e. The van der Waals surface area contributed by atoms with E-state index in [1.54, 1.807) is 12.1 Å². The lowest BCUT2D eigenvalue weighted by Gasteiger charge is -2.21. The Labute approximate surface area is 171 Å². The number of carbonyl (C=O) groups excluding carboxylic acids is 3. The van der Waals surface area contributed by atoms with Crippen LogP contribution in [0.3, 0.4) is 0 Å². The van der Waals surface area contributed by atoms with Gasteiger partial charge in [0, 0.05) is 12.1 Å². The topological polar surface area (TPSA) is 195 Å². The first-order chi connectivity index (χ1) is 14.3. The van der Waals surface area contributed by atoms with E-state index in [2.05, 4.69) is 41.6 Å². The molecule has 2 aromatic rings. The molecule has 3 amide bonds. The zero-order valence-corrected chi connectivity index (χ0v) is 16.6. The zero-order chi connectivity index (χ0) is 22.1. The third kappa shape index (κ3) is 7.00. The summed E-state index contributed by atoms with van der Waals surface area (Å²) < 4.78 is 0. The van der Waals surface area contributed by atoms with Crippen molar-refractivity contribution in [3.05, 3.63) is 29.3 Å². The Balaban J connectivity index is 1.87. The SMILES string of the molecule is CC(C)C(NC(=O)CCC(=O)O)c1ccc(C(=O)NCC(=O)NCc2nn[nH]n2)[nH]1. The second-order valence-electron chi connectivity index (χ2n) is 6.80. The molecular formula is C17H24N8O5. The molecule has 2 rings (SSSR count). The second-order valence-corrected chi connectivity index (χ2v) is 6.80. The van der Waals surface area contributed by atoms with Crippen LogP contribution in [0.15, 0.2) is 12.1 Å². The summed E-state index contributed by atoms with van der Waals surface area (Å²) in [7, 11) is 0. The number of nitrogens with zero attached hydrogens (tertiary/aromatic N) is 3. The number of aliphatic carboxylic acids is 1. The Kier molecular flexibility index (Phi) is 8.02. The molecule has 0 aliphatic heterocycles. The molecule has 0 radical (unpaired) electrons. The maximum atomic E-state index is 12.3. The van der Waals surface area contributed by atoms with E-state index in [4.69, 9.17) is 5.11 Å². The Morgan fingerprint density at radius 2 is 1.87 bits per heavy atom. The van der Waals surface area contributed by atoms with Gasteiger partial charge in [-0.3, -0.25) is 19.2 Å². The van der Waals surface area contributed by atoms with Crippen LogP contribution in [0.4, 0.5) is 0 Å². The van der Waals surface area contributed by atoms with E-state index in [-0.39, 0.29) is 37.5 Å². The summed E-state index contributed by atoms with van der Waals surface area (Å²) in [5, 5.41) is 29.5. The zero-order valence-electron chi connectivity index (χ0n) is 16.6. The van der Waals surface area contributed by atoms with Gasteiger partial charge in [-0.2, -0.15) is 5.21 Å². The normalized spacial score (nSPS) is 11.7. The van der Waals surface area contributed by atoms with Gasteiger partial charge in [0.25, 0.3) is 5.91 Å². The summed E-state index contributed by atoms with van der Waals surface area (Å²) in [4.78, 5) is 49.6. The van der Waals surface area contributed by atoms with Crippen molar-refractivity contribution in [3.8, 4) is 0 Å². The summed E-state index contributed by atoms with van der Waals surface area (Å²) in [6, 6.07) is 2.78. The lowest BCUT2D eigenvalue weighted by molar-refractivity contribution is -0.139. The van der Waals surface area contributed by atoms with Gasteiger partial charge >= 0.3 is 5.97 Å². The van der Waals surface area contributed by atoms with E-state index in [9.17, 15) is 19.2 Å². The summed E-state index contributed by atoms with van der Waals surface area (Å²) in [5.41, 5.74) is 0.821. The van der Waals surface area contributed by atoms with Gasteiger partial charge in [0.1, 0.15) is 5.69 Å². The predicted octanol–water partition coefficient (Wildman–Crippen LogP) is -0.748. The monoisotopic (exact) mass is 420 g/mol. The van der Waals surface area contributed by atoms with Gasteiger partial charge in [-0.05, 0) is 18.1 Å². The molecule has 1 unspecified atom stereocenters. The third-order valence-electron chi connectivity index (χ3n) is 4.08. The molecule has 13 heteroatoms. The minimum atomic E-state index is -1.05. The highest BCUT2D eigenvalue weighted by Gasteiger charge is 2.21. The molecule has 0 saturated heterocycles. The van der Waals surface area contributed by atoms with Crippen molar-refractivity contribution in [2.24, 2.45) is 5.92 Å². The van der Waals surface area contributed by atoms with Crippen molar-refractivity contribution in [3.63, 3.8) is 0 Å². The molecule has 0 spiro atoms. The fourth-order valence-electron chi connectivity index (χ4n) is 2.55. The van der Waals surface area contributed by atoms with Gasteiger partial charge in [0.2, 0.25) is 11.8 Å². The smallest absolute Gasteiger partial charge is 0.303 e. The second kappa shape index (κ2) is 10.7. The highest BCUT2D eigenvalue weighted by atomic mass is 16.4. The largest absolute Gasteiger partial charge is 0.481 e. The molecule has 0 fully saturated rings. The van der Waals surface area contributed by atoms with Crippen molar-refractivity contribution in [1.82, 2.24) is 41.6 Å². The van der Waals surface area contributed by atoms with Crippen molar-refractivity contribution < 1.29 is 24.3 Å². The Morgan fingerprint density at radius 1 is 1.10 bits per heavy atom. The van der Waals surface area contributed by atoms with E-state index >= 15 is 0 Å². The maximum absolute atomic E-state index is 12.3. The molecule has 0 saturated carbocycles. The number of hydrogen-bond donors (Lipinski definition) is 6. The van der Waals surface area contributed by atoms with Crippen LogP contribution in [0.1, 0.15) is 54.7 Å². The van der Waals surface area contributed by atoms with Crippen LogP contribution in [0, 0.1) is 5.92 Å². The maximum Gasteiger partial charge on any atom is 0.303 e. The molecule has 2 aromatic heterocycles. The lowest BCUT2D eigenvalue weighted by atomic mass is 10.0. The number of aromatic amines is 2. The molecule has 2 heterocycles. The first kappa shape index (κ1) is 22.5. The van der Waals surface area contributed by atoms with Gasteiger partial charge in [-0.1, -0.05) is 19.1 Å². The molecule has 0 bridgehead atoms. The van der Waals surface area contributed by atoms with E-state index in [0.717, 1.165) is 0 Å². The number of rotatable bonds is 11. The fraction of sp³-hybridized carbons (Fsp3) is 0.471. The van der Waals surface area contributed by atoms with Crippen molar-refractivity contribution in [1.29, 1.82) is 0 Å². The number of H-pyrrole nitrogens is 2. The lowest BCUT2D eigenvalue weighted by Crippen LogP contribution is -2.37. The number of hydrogen-bond acceptors (Lipinski definition) is 7. The van der Waals surface area contributed by atoms with Gasteiger partial charge in [0.15, 0.2) is 5.82 Å². The van der Waals surface area contributed by atoms with Crippen molar-refractivity contribution in [2.75, 3.05) is 6.54 Å². The van der Waals surface area contributed by atoms with Gasteiger partial charge < -0.3 is 26.0 Å². The van der Waals surface area contributed by atoms with Crippen molar-refractivity contribution in [2.45, 2.75) is 39.3 Å². The number of aromatic nitrogens is 5. The number of nitrogens with one attached hydrogen (secondary N) is 5. The Hall–Kier alpha value is -3.77.